The molecule has 0 aromatic heterocycles. The van der Waals surface area contributed by atoms with Gasteiger partial charge in [0.2, 0.25) is 5.91 Å². The van der Waals surface area contributed by atoms with Gasteiger partial charge in [0.25, 0.3) is 5.91 Å². The number of halogens is 2. The fourth-order valence-corrected chi connectivity index (χ4v) is 2.29. The highest BCUT2D eigenvalue weighted by Crippen LogP contribution is 2.20. The molecule has 126 valence electrons. The molecule has 2 amide bonds. The third-order valence-electron chi connectivity index (χ3n) is 3.83. The normalized spacial score (nSPS) is 11.7. The van der Waals surface area contributed by atoms with Crippen LogP contribution in [0, 0.1) is 5.82 Å². The van der Waals surface area contributed by atoms with Crippen LogP contribution in [0.25, 0.3) is 0 Å². The Kier molecular flexibility index (Phi) is 5.93. The average Bonchev–Trinajstić information content (AvgIpc) is 2.59. The second-order valence-electron chi connectivity index (χ2n) is 5.42. The molecule has 0 aliphatic carbocycles. The molecule has 0 saturated heterocycles. The maximum atomic E-state index is 12.8. The van der Waals surface area contributed by atoms with Gasteiger partial charge in [-0.1, -0.05) is 23.7 Å². The van der Waals surface area contributed by atoms with Crippen LogP contribution in [0.15, 0.2) is 48.5 Å². The highest BCUT2D eigenvalue weighted by Gasteiger charge is 2.18. The number of carbonyl (C=O) groups is 2. The fraction of sp³-hybridized carbons (Fsp3) is 0.222. The Morgan fingerprint density at radius 1 is 1.12 bits per heavy atom. The highest BCUT2D eigenvalue weighted by molar-refractivity contribution is 6.30. The number of nitrogens with zero attached hydrogens (tertiary/aromatic N) is 1. The Bertz CT molecular complexity index is 717. The number of carbonyl (C=O) groups excluding carboxylic acids is 2. The van der Waals surface area contributed by atoms with E-state index < -0.39 is 11.7 Å². The van der Waals surface area contributed by atoms with E-state index in [4.69, 9.17) is 11.6 Å². The summed E-state index contributed by atoms with van der Waals surface area (Å²) < 4.78 is 12.8. The summed E-state index contributed by atoms with van der Waals surface area (Å²) in [5.41, 5.74) is 1.25. The van der Waals surface area contributed by atoms with Gasteiger partial charge in [0, 0.05) is 17.6 Å². The molecular weight excluding hydrogens is 331 g/mol. The van der Waals surface area contributed by atoms with Gasteiger partial charge in [-0.3, -0.25) is 9.59 Å². The van der Waals surface area contributed by atoms with Crippen LogP contribution in [0.3, 0.4) is 0 Å². The van der Waals surface area contributed by atoms with Crippen molar-refractivity contribution in [1.29, 1.82) is 0 Å². The Morgan fingerprint density at radius 2 is 1.71 bits per heavy atom. The number of hydrogen-bond donors (Lipinski definition) is 1. The zero-order valence-corrected chi connectivity index (χ0v) is 14.2. The first kappa shape index (κ1) is 17.9. The summed E-state index contributed by atoms with van der Waals surface area (Å²) in [6, 6.07) is 12.2. The quantitative estimate of drug-likeness (QED) is 0.900. The van der Waals surface area contributed by atoms with Crippen molar-refractivity contribution < 1.29 is 14.0 Å². The summed E-state index contributed by atoms with van der Waals surface area (Å²) in [5.74, 6) is -1.07. The molecule has 2 aromatic rings. The van der Waals surface area contributed by atoms with E-state index in [9.17, 15) is 14.0 Å². The molecular formula is C18H18ClFN2O2. The zero-order chi connectivity index (χ0) is 17.7. The molecule has 0 saturated carbocycles. The standard InChI is InChI=1S/C18H18ClFN2O2/c1-12(13-3-7-15(19)8-4-13)22(2)17(23)11-21-18(24)14-5-9-16(20)10-6-14/h3-10,12H,11H2,1-2H3,(H,21,24). The second-order valence-corrected chi connectivity index (χ2v) is 5.86. The van der Waals surface area contributed by atoms with E-state index >= 15 is 0 Å². The maximum absolute atomic E-state index is 12.8. The summed E-state index contributed by atoms with van der Waals surface area (Å²) in [6.45, 7) is 1.76. The van der Waals surface area contributed by atoms with Gasteiger partial charge in [-0.05, 0) is 48.9 Å². The Morgan fingerprint density at radius 3 is 2.29 bits per heavy atom. The predicted octanol–water partition coefficient (Wildman–Crippen LogP) is 3.43. The third-order valence-corrected chi connectivity index (χ3v) is 4.09. The minimum Gasteiger partial charge on any atom is -0.343 e. The number of hydrogen-bond acceptors (Lipinski definition) is 2. The van der Waals surface area contributed by atoms with Gasteiger partial charge in [-0.2, -0.15) is 0 Å². The fourth-order valence-electron chi connectivity index (χ4n) is 2.16. The Balaban J connectivity index is 1.92. The molecule has 0 aliphatic rings. The Labute approximate surface area is 145 Å². The van der Waals surface area contributed by atoms with Crippen LogP contribution in [0.5, 0.6) is 0 Å². The first-order chi connectivity index (χ1) is 11.4. The third kappa shape index (κ3) is 4.55. The van der Waals surface area contributed by atoms with Crippen LogP contribution in [0.1, 0.15) is 28.9 Å². The first-order valence-corrected chi connectivity index (χ1v) is 7.81. The van der Waals surface area contributed by atoms with Crippen LogP contribution < -0.4 is 5.32 Å². The summed E-state index contributed by atoms with van der Waals surface area (Å²) in [7, 11) is 1.67. The molecule has 6 heteroatoms. The SMILES string of the molecule is CC(c1ccc(Cl)cc1)N(C)C(=O)CNC(=O)c1ccc(F)cc1. The van der Waals surface area contributed by atoms with Gasteiger partial charge in [-0.15, -0.1) is 0 Å². The molecule has 1 unspecified atom stereocenters. The predicted molar refractivity (Wildman–Crippen MR) is 91.4 cm³/mol. The van der Waals surface area contributed by atoms with E-state index in [2.05, 4.69) is 5.32 Å². The molecule has 0 radical (unpaired) electrons. The number of nitrogens with one attached hydrogen (secondary N) is 1. The van der Waals surface area contributed by atoms with Crippen LogP contribution in [-0.4, -0.2) is 30.3 Å². The summed E-state index contributed by atoms with van der Waals surface area (Å²) in [5, 5.41) is 3.17. The smallest absolute Gasteiger partial charge is 0.251 e. The van der Waals surface area contributed by atoms with Gasteiger partial charge in [-0.25, -0.2) is 4.39 Å². The second kappa shape index (κ2) is 7.93. The lowest BCUT2D eigenvalue weighted by molar-refractivity contribution is -0.130. The molecule has 2 aromatic carbocycles. The van der Waals surface area contributed by atoms with Crippen LogP contribution in [0.2, 0.25) is 5.02 Å². The molecule has 24 heavy (non-hydrogen) atoms. The van der Waals surface area contributed by atoms with Gasteiger partial charge in [0.1, 0.15) is 5.82 Å². The summed E-state index contributed by atoms with van der Waals surface area (Å²) in [4.78, 5) is 25.7. The molecule has 0 heterocycles. The van der Waals surface area contributed by atoms with Gasteiger partial charge < -0.3 is 10.2 Å². The average molecular weight is 349 g/mol. The monoisotopic (exact) mass is 348 g/mol. The molecule has 0 spiro atoms. The molecule has 1 N–H and O–H groups in total. The van der Waals surface area contributed by atoms with E-state index in [1.165, 1.54) is 24.3 Å². The molecule has 0 fully saturated rings. The molecule has 1 atom stereocenters. The van der Waals surface area contributed by atoms with E-state index in [0.717, 1.165) is 5.56 Å². The molecule has 2 rings (SSSR count). The topological polar surface area (TPSA) is 49.4 Å². The summed E-state index contributed by atoms with van der Waals surface area (Å²) >= 11 is 5.86. The lowest BCUT2D eigenvalue weighted by atomic mass is 10.1. The first-order valence-electron chi connectivity index (χ1n) is 7.43. The van der Waals surface area contributed by atoms with Gasteiger partial charge in [0.05, 0.1) is 12.6 Å². The van der Waals surface area contributed by atoms with E-state index in [0.29, 0.717) is 10.6 Å². The van der Waals surface area contributed by atoms with Crippen molar-refractivity contribution in [2.24, 2.45) is 0 Å². The number of rotatable bonds is 5. The highest BCUT2D eigenvalue weighted by atomic mass is 35.5. The number of benzene rings is 2. The molecule has 4 nitrogen and oxygen atoms in total. The van der Waals surface area contributed by atoms with Crippen molar-refractivity contribution in [3.05, 3.63) is 70.5 Å². The summed E-state index contributed by atoms with van der Waals surface area (Å²) in [6.07, 6.45) is 0. The molecule has 0 bridgehead atoms. The largest absolute Gasteiger partial charge is 0.343 e. The Hall–Kier alpha value is -2.40. The van der Waals surface area contributed by atoms with Crippen molar-refractivity contribution >= 4 is 23.4 Å². The minimum absolute atomic E-state index is 0.134. The minimum atomic E-state index is -0.420. The number of likely N-dealkylation sites (N-methyl/N-ethyl adjacent to an activating group) is 1. The lowest BCUT2D eigenvalue weighted by Gasteiger charge is -2.25. The number of amides is 2. The maximum Gasteiger partial charge on any atom is 0.251 e. The van der Waals surface area contributed by atoms with E-state index in [-0.39, 0.29) is 18.5 Å². The van der Waals surface area contributed by atoms with Crippen LogP contribution >= 0.6 is 11.6 Å². The van der Waals surface area contributed by atoms with Gasteiger partial charge >= 0.3 is 0 Å². The van der Waals surface area contributed by atoms with Crippen molar-refractivity contribution in [2.75, 3.05) is 13.6 Å². The lowest BCUT2D eigenvalue weighted by Crippen LogP contribution is -2.39. The molecule has 0 aliphatic heterocycles. The van der Waals surface area contributed by atoms with Crippen molar-refractivity contribution in [2.45, 2.75) is 13.0 Å². The van der Waals surface area contributed by atoms with Crippen LogP contribution in [0.4, 0.5) is 4.39 Å². The van der Waals surface area contributed by atoms with Crippen molar-refractivity contribution in [3.8, 4) is 0 Å². The van der Waals surface area contributed by atoms with Gasteiger partial charge in [0.15, 0.2) is 0 Å². The van der Waals surface area contributed by atoms with Crippen molar-refractivity contribution in [3.63, 3.8) is 0 Å². The van der Waals surface area contributed by atoms with Crippen LogP contribution in [-0.2, 0) is 4.79 Å². The van der Waals surface area contributed by atoms with E-state index in [1.807, 2.05) is 19.1 Å². The van der Waals surface area contributed by atoms with E-state index in [1.54, 1.807) is 24.1 Å². The van der Waals surface area contributed by atoms with Crippen molar-refractivity contribution in [1.82, 2.24) is 10.2 Å². The zero-order valence-electron chi connectivity index (χ0n) is 13.4.